The summed E-state index contributed by atoms with van der Waals surface area (Å²) >= 11 is 0. The summed E-state index contributed by atoms with van der Waals surface area (Å²) < 4.78 is 3.84. The summed E-state index contributed by atoms with van der Waals surface area (Å²) in [5.74, 6) is 0.157. The number of nitrogens with one attached hydrogen (secondary N) is 1. The maximum absolute atomic E-state index is 13.1. The van der Waals surface area contributed by atoms with Crippen molar-refractivity contribution >= 4 is 16.9 Å². The van der Waals surface area contributed by atoms with Gasteiger partial charge in [0.05, 0.1) is 23.2 Å². The number of carbonyl (C=O) groups excluding carboxylic acids is 1. The number of rotatable bonds is 7. The number of hydrogen-bond donors (Lipinski definition) is 1. The van der Waals surface area contributed by atoms with Crippen LogP contribution in [-0.2, 0) is 13.1 Å². The Bertz CT molecular complexity index is 1210. The molecule has 0 fully saturated rings. The minimum absolute atomic E-state index is 0.0955. The van der Waals surface area contributed by atoms with Crippen molar-refractivity contribution in [1.82, 2.24) is 29.9 Å². The van der Waals surface area contributed by atoms with E-state index >= 15 is 0 Å². The van der Waals surface area contributed by atoms with Gasteiger partial charge >= 0.3 is 0 Å². The minimum Gasteiger partial charge on any atom is -0.352 e. The van der Waals surface area contributed by atoms with Gasteiger partial charge in [0.15, 0.2) is 5.65 Å². The van der Waals surface area contributed by atoms with Gasteiger partial charge in [0, 0.05) is 30.7 Å². The molecule has 1 aromatic carbocycles. The van der Waals surface area contributed by atoms with E-state index in [1.165, 1.54) is 0 Å². The van der Waals surface area contributed by atoms with Crippen LogP contribution in [0.2, 0.25) is 0 Å². The second kappa shape index (κ2) is 8.71. The molecule has 0 bridgehead atoms. The smallest absolute Gasteiger partial charge is 0.252 e. The molecule has 0 aliphatic rings. The highest BCUT2D eigenvalue weighted by Crippen LogP contribution is 2.23. The first kappa shape index (κ1) is 20.8. The van der Waals surface area contributed by atoms with Crippen LogP contribution in [0, 0.1) is 26.7 Å². The highest BCUT2D eigenvalue weighted by atomic mass is 16.1. The van der Waals surface area contributed by atoms with E-state index in [0.717, 1.165) is 40.2 Å². The number of aryl methyl sites for hydroxylation is 3. The summed E-state index contributed by atoms with van der Waals surface area (Å²) in [6.07, 6.45) is 1.80. The number of nitrogens with zero attached hydrogens (tertiary/aromatic N) is 5. The molecular weight excluding hydrogens is 388 g/mol. The van der Waals surface area contributed by atoms with Gasteiger partial charge in [0.25, 0.3) is 5.91 Å². The van der Waals surface area contributed by atoms with Gasteiger partial charge in [-0.25, -0.2) is 9.67 Å². The lowest BCUT2D eigenvalue weighted by Crippen LogP contribution is -2.30. The fourth-order valence-corrected chi connectivity index (χ4v) is 3.84. The zero-order valence-corrected chi connectivity index (χ0v) is 18.5. The van der Waals surface area contributed by atoms with Gasteiger partial charge in [-0.3, -0.25) is 9.48 Å². The second-order valence-electron chi connectivity index (χ2n) is 8.21. The summed E-state index contributed by atoms with van der Waals surface area (Å²) in [4.78, 5) is 17.8. The molecule has 0 aliphatic heterocycles. The van der Waals surface area contributed by atoms with Crippen molar-refractivity contribution in [3.8, 4) is 0 Å². The average Bonchev–Trinajstić information content (AvgIpc) is 3.29. The fourth-order valence-electron chi connectivity index (χ4n) is 3.84. The Morgan fingerprint density at radius 3 is 2.58 bits per heavy atom. The summed E-state index contributed by atoms with van der Waals surface area (Å²) in [6, 6.07) is 14.0. The Kier molecular flexibility index (Phi) is 5.84. The van der Waals surface area contributed by atoms with Gasteiger partial charge in [0.2, 0.25) is 0 Å². The zero-order valence-electron chi connectivity index (χ0n) is 18.5. The lowest BCUT2D eigenvalue weighted by atomic mass is 10.1. The molecule has 0 aliphatic carbocycles. The Hall–Kier alpha value is -3.48. The van der Waals surface area contributed by atoms with Gasteiger partial charge in [0.1, 0.15) is 0 Å². The fraction of sp³-hybridized carbons (Fsp3) is 0.333. The molecule has 4 rings (SSSR count). The van der Waals surface area contributed by atoms with Crippen LogP contribution in [0.15, 0.2) is 48.7 Å². The first-order chi connectivity index (χ1) is 14.9. The monoisotopic (exact) mass is 416 g/mol. The van der Waals surface area contributed by atoms with Crippen LogP contribution in [0.3, 0.4) is 0 Å². The first-order valence-corrected chi connectivity index (χ1v) is 10.6. The molecule has 0 saturated heterocycles. The third kappa shape index (κ3) is 4.50. The molecule has 1 N–H and O–H groups in total. The Morgan fingerprint density at radius 1 is 1.10 bits per heavy atom. The molecule has 0 saturated carbocycles. The molecular formula is C24H28N6O. The predicted octanol–water partition coefficient (Wildman–Crippen LogP) is 3.67. The van der Waals surface area contributed by atoms with Gasteiger partial charge in [-0.15, -0.1) is 0 Å². The molecule has 1 atom stereocenters. The highest BCUT2D eigenvalue weighted by Gasteiger charge is 2.19. The zero-order chi connectivity index (χ0) is 22.0. The number of carbonyl (C=O) groups is 1. The molecule has 7 nitrogen and oxygen atoms in total. The topological polar surface area (TPSA) is 77.6 Å². The Labute approximate surface area is 182 Å². The van der Waals surface area contributed by atoms with Crippen LogP contribution in [0.1, 0.15) is 39.9 Å². The minimum atomic E-state index is -0.0955. The second-order valence-corrected chi connectivity index (χ2v) is 8.21. The Balaban J connectivity index is 1.55. The van der Waals surface area contributed by atoms with Crippen LogP contribution in [0.5, 0.6) is 0 Å². The highest BCUT2D eigenvalue weighted by molar-refractivity contribution is 6.06. The summed E-state index contributed by atoms with van der Waals surface area (Å²) in [7, 11) is 0. The van der Waals surface area contributed by atoms with E-state index in [-0.39, 0.29) is 11.8 Å². The summed E-state index contributed by atoms with van der Waals surface area (Å²) in [6.45, 7) is 9.93. The quantitative estimate of drug-likeness (QED) is 0.499. The van der Waals surface area contributed by atoms with E-state index in [1.54, 1.807) is 6.20 Å². The number of aromatic nitrogens is 5. The standard InChI is InChI=1S/C24H28N6O/c1-16(14-29-18(3)10-11-26-29)13-25-24(31)21-12-17(2)27-23-22(21)19(4)28-30(23)15-20-8-6-5-7-9-20/h5-12,16H,13-15H2,1-4H3,(H,25,31)/t16-/m1/s1. The van der Waals surface area contributed by atoms with Crippen molar-refractivity contribution in [3.05, 3.63) is 76.9 Å². The number of pyridine rings is 1. The molecule has 3 aromatic heterocycles. The average molecular weight is 417 g/mol. The Morgan fingerprint density at radius 2 is 1.87 bits per heavy atom. The van der Waals surface area contributed by atoms with Crippen LogP contribution in [0.25, 0.3) is 11.0 Å². The molecule has 0 unspecified atom stereocenters. The number of fused-ring (bicyclic) bond motifs is 1. The van der Waals surface area contributed by atoms with Crippen LogP contribution < -0.4 is 5.32 Å². The molecule has 0 radical (unpaired) electrons. The molecule has 4 aromatic rings. The van der Waals surface area contributed by atoms with E-state index in [4.69, 9.17) is 4.98 Å². The van der Waals surface area contributed by atoms with Crippen molar-refractivity contribution in [1.29, 1.82) is 0 Å². The number of amides is 1. The molecule has 3 heterocycles. The van der Waals surface area contributed by atoms with E-state index in [0.29, 0.717) is 18.7 Å². The maximum atomic E-state index is 13.1. The normalized spacial score (nSPS) is 12.3. The van der Waals surface area contributed by atoms with Gasteiger partial charge < -0.3 is 5.32 Å². The van der Waals surface area contributed by atoms with E-state index in [1.807, 2.05) is 60.5 Å². The molecule has 160 valence electrons. The van der Waals surface area contributed by atoms with Crippen LogP contribution in [-0.4, -0.2) is 37.0 Å². The van der Waals surface area contributed by atoms with Crippen molar-refractivity contribution in [2.45, 2.75) is 40.8 Å². The number of benzene rings is 1. The van der Waals surface area contributed by atoms with Crippen molar-refractivity contribution in [3.63, 3.8) is 0 Å². The lowest BCUT2D eigenvalue weighted by Gasteiger charge is -2.14. The molecule has 1 amide bonds. The van der Waals surface area contributed by atoms with Gasteiger partial charge in [-0.05, 0) is 44.4 Å². The SMILES string of the molecule is Cc1cc(C(=O)NC[C@@H](C)Cn2nccc2C)c2c(C)nn(Cc3ccccc3)c2n1. The third-order valence-corrected chi connectivity index (χ3v) is 5.45. The third-order valence-electron chi connectivity index (χ3n) is 5.45. The molecule has 31 heavy (non-hydrogen) atoms. The van der Waals surface area contributed by atoms with E-state index < -0.39 is 0 Å². The van der Waals surface area contributed by atoms with Crippen LogP contribution in [0.4, 0.5) is 0 Å². The molecule has 0 spiro atoms. The van der Waals surface area contributed by atoms with Crippen molar-refractivity contribution in [2.24, 2.45) is 5.92 Å². The number of hydrogen-bond acceptors (Lipinski definition) is 4. The molecule has 7 heteroatoms. The van der Waals surface area contributed by atoms with Gasteiger partial charge in [-0.2, -0.15) is 10.2 Å². The predicted molar refractivity (Wildman–Crippen MR) is 121 cm³/mol. The first-order valence-electron chi connectivity index (χ1n) is 10.6. The summed E-state index contributed by atoms with van der Waals surface area (Å²) in [5.41, 5.74) is 5.24. The van der Waals surface area contributed by atoms with Gasteiger partial charge in [-0.1, -0.05) is 37.3 Å². The summed E-state index contributed by atoms with van der Waals surface area (Å²) in [5, 5.41) is 12.9. The lowest BCUT2D eigenvalue weighted by molar-refractivity contribution is 0.0948. The largest absolute Gasteiger partial charge is 0.352 e. The maximum Gasteiger partial charge on any atom is 0.252 e. The van der Waals surface area contributed by atoms with E-state index in [9.17, 15) is 4.79 Å². The van der Waals surface area contributed by atoms with Crippen molar-refractivity contribution in [2.75, 3.05) is 6.54 Å². The van der Waals surface area contributed by atoms with E-state index in [2.05, 4.69) is 34.6 Å². The van der Waals surface area contributed by atoms with Crippen LogP contribution >= 0.6 is 0 Å². The van der Waals surface area contributed by atoms with Crippen molar-refractivity contribution < 1.29 is 4.79 Å².